The van der Waals surface area contributed by atoms with Gasteiger partial charge in [-0.15, -0.1) is 5.06 Å². The Morgan fingerprint density at radius 1 is 1.08 bits per heavy atom. The molecule has 2 saturated heterocycles. The van der Waals surface area contributed by atoms with Crippen molar-refractivity contribution in [1.29, 1.82) is 0 Å². The minimum atomic E-state index is -0.611. The molecule has 0 saturated carbocycles. The second kappa shape index (κ2) is 7.87. The summed E-state index contributed by atoms with van der Waals surface area (Å²) in [5, 5.41) is 1.35. The lowest BCUT2D eigenvalue weighted by Gasteiger charge is -2.31. The molecule has 25 heavy (non-hydrogen) atoms. The number of halogens is 1. The van der Waals surface area contributed by atoms with E-state index in [4.69, 9.17) is 16.4 Å². The Morgan fingerprint density at radius 3 is 2.28 bits per heavy atom. The zero-order chi connectivity index (χ0) is 17.8. The van der Waals surface area contributed by atoms with Crippen LogP contribution in [0.5, 0.6) is 0 Å². The number of hydrogen-bond acceptors (Lipinski definition) is 4. The lowest BCUT2D eigenvalue weighted by molar-refractivity contribution is -0.174. The van der Waals surface area contributed by atoms with E-state index in [0.29, 0.717) is 24.1 Å². The smallest absolute Gasteiger partial charge is 0.311 e. The van der Waals surface area contributed by atoms with E-state index in [9.17, 15) is 14.4 Å². The zero-order valence-electron chi connectivity index (χ0n) is 13.9. The van der Waals surface area contributed by atoms with Crippen LogP contribution in [0.2, 0.25) is 5.02 Å². The molecule has 0 radical (unpaired) electrons. The molecule has 2 aliphatic rings. The predicted molar refractivity (Wildman–Crippen MR) is 91.6 cm³/mol. The van der Waals surface area contributed by atoms with E-state index in [1.54, 1.807) is 4.90 Å². The Labute approximate surface area is 151 Å². The maximum atomic E-state index is 12.1. The van der Waals surface area contributed by atoms with Gasteiger partial charge in [-0.2, -0.15) is 0 Å². The lowest BCUT2D eigenvalue weighted by Crippen LogP contribution is -2.43. The van der Waals surface area contributed by atoms with Crippen molar-refractivity contribution in [3.05, 3.63) is 34.9 Å². The second-order valence-electron chi connectivity index (χ2n) is 6.53. The van der Waals surface area contributed by atoms with Crippen LogP contribution in [0.15, 0.2) is 24.3 Å². The average molecular weight is 365 g/mol. The highest BCUT2D eigenvalue weighted by molar-refractivity contribution is 6.30. The number of hydrogen-bond donors (Lipinski definition) is 0. The number of benzene rings is 1. The van der Waals surface area contributed by atoms with Crippen molar-refractivity contribution in [3.63, 3.8) is 0 Å². The van der Waals surface area contributed by atoms with E-state index in [1.807, 2.05) is 24.3 Å². The first-order chi connectivity index (χ1) is 12.0. The number of hydroxylamine groups is 2. The molecule has 6 nitrogen and oxygen atoms in total. The molecule has 0 aliphatic carbocycles. The fourth-order valence-electron chi connectivity index (χ4n) is 3.22. The van der Waals surface area contributed by atoms with E-state index in [2.05, 4.69) is 0 Å². The minimum absolute atomic E-state index is 0.110. The SMILES string of the molecule is O=C(ON1C(=O)CCC1=O)N1CCC(CCc2ccc(Cl)cc2)CC1. The summed E-state index contributed by atoms with van der Waals surface area (Å²) in [7, 11) is 0. The molecule has 7 heteroatoms. The molecular weight excluding hydrogens is 344 g/mol. The first kappa shape index (κ1) is 17.7. The summed E-state index contributed by atoms with van der Waals surface area (Å²) in [6, 6.07) is 7.88. The van der Waals surface area contributed by atoms with E-state index >= 15 is 0 Å². The molecule has 0 unspecified atom stereocenters. The molecule has 2 fully saturated rings. The van der Waals surface area contributed by atoms with E-state index in [0.717, 1.165) is 30.7 Å². The fraction of sp³-hybridized carbons (Fsp3) is 0.500. The van der Waals surface area contributed by atoms with Crippen molar-refractivity contribution < 1.29 is 19.2 Å². The van der Waals surface area contributed by atoms with Crippen molar-refractivity contribution in [1.82, 2.24) is 9.96 Å². The Hall–Kier alpha value is -2.08. The molecule has 0 bridgehead atoms. The lowest BCUT2D eigenvalue weighted by atomic mass is 9.91. The van der Waals surface area contributed by atoms with Gasteiger partial charge in [0.05, 0.1) is 0 Å². The van der Waals surface area contributed by atoms with Gasteiger partial charge in [0.15, 0.2) is 0 Å². The van der Waals surface area contributed by atoms with E-state index in [1.165, 1.54) is 5.56 Å². The number of likely N-dealkylation sites (tertiary alicyclic amines) is 1. The second-order valence-corrected chi connectivity index (χ2v) is 6.97. The van der Waals surface area contributed by atoms with Crippen LogP contribution in [0.3, 0.4) is 0 Å². The molecule has 1 aromatic rings. The zero-order valence-corrected chi connectivity index (χ0v) is 14.7. The van der Waals surface area contributed by atoms with Gasteiger partial charge in [-0.3, -0.25) is 9.59 Å². The molecule has 3 rings (SSSR count). The monoisotopic (exact) mass is 364 g/mol. The minimum Gasteiger partial charge on any atom is -0.311 e. The topological polar surface area (TPSA) is 66.9 Å². The first-order valence-electron chi connectivity index (χ1n) is 8.60. The maximum absolute atomic E-state index is 12.1. The summed E-state index contributed by atoms with van der Waals surface area (Å²) < 4.78 is 0. The van der Waals surface area contributed by atoms with Crippen molar-refractivity contribution in [2.45, 2.75) is 38.5 Å². The number of amides is 3. The normalized spacial score (nSPS) is 18.8. The van der Waals surface area contributed by atoms with Crippen molar-refractivity contribution >= 4 is 29.5 Å². The van der Waals surface area contributed by atoms with Gasteiger partial charge in [0.2, 0.25) is 0 Å². The number of carbonyl (C=O) groups is 3. The predicted octanol–water partition coefficient (Wildman–Crippen LogP) is 3.19. The molecular formula is C18H21ClN2O4. The summed E-state index contributed by atoms with van der Waals surface area (Å²) >= 11 is 5.89. The van der Waals surface area contributed by atoms with Crippen molar-refractivity contribution in [2.75, 3.05) is 13.1 Å². The first-order valence-corrected chi connectivity index (χ1v) is 8.98. The summed E-state index contributed by atoms with van der Waals surface area (Å²) in [6.07, 6.45) is 3.45. The van der Waals surface area contributed by atoms with Crippen LogP contribution >= 0.6 is 11.6 Å². The van der Waals surface area contributed by atoms with Gasteiger partial charge in [0, 0.05) is 31.0 Å². The van der Waals surface area contributed by atoms with Crippen LogP contribution in [0.25, 0.3) is 0 Å². The molecule has 2 heterocycles. The van der Waals surface area contributed by atoms with Crippen LogP contribution in [-0.4, -0.2) is 41.0 Å². The van der Waals surface area contributed by atoms with Crippen LogP contribution in [-0.2, 0) is 20.8 Å². The van der Waals surface area contributed by atoms with E-state index in [-0.39, 0.29) is 12.8 Å². The molecule has 3 amide bonds. The van der Waals surface area contributed by atoms with Crippen molar-refractivity contribution in [3.8, 4) is 0 Å². The van der Waals surface area contributed by atoms with Gasteiger partial charge >= 0.3 is 6.09 Å². The molecule has 2 aliphatic heterocycles. The number of aryl methyl sites for hydroxylation is 1. The Kier molecular flexibility index (Phi) is 5.58. The molecule has 0 aromatic heterocycles. The highest BCUT2D eigenvalue weighted by Crippen LogP contribution is 2.24. The van der Waals surface area contributed by atoms with Gasteiger partial charge in [-0.1, -0.05) is 23.7 Å². The molecule has 0 atom stereocenters. The summed E-state index contributed by atoms with van der Waals surface area (Å²) in [6.45, 7) is 1.17. The number of rotatable bonds is 4. The largest absolute Gasteiger partial charge is 0.434 e. The van der Waals surface area contributed by atoms with Crippen molar-refractivity contribution in [2.24, 2.45) is 5.92 Å². The summed E-state index contributed by atoms with van der Waals surface area (Å²) in [5.41, 5.74) is 1.26. The third-order valence-electron chi connectivity index (χ3n) is 4.80. The number of nitrogens with zero attached hydrogens (tertiary/aromatic N) is 2. The Bertz CT molecular complexity index is 638. The van der Waals surface area contributed by atoms with Crippen LogP contribution < -0.4 is 0 Å². The number of imide groups is 1. The van der Waals surface area contributed by atoms with Gasteiger partial charge in [0.1, 0.15) is 0 Å². The molecule has 0 spiro atoms. The highest BCUT2D eigenvalue weighted by Gasteiger charge is 2.34. The Balaban J connectivity index is 1.42. The quantitative estimate of drug-likeness (QED) is 0.769. The van der Waals surface area contributed by atoms with Crippen LogP contribution in [0, 0.1) is 5.92 Å². The van der Waals surface area contributed by atoms with Gasteiger partial charge in [0.25, 0.3) is 11.8 Å². The molecule has 1 aromatic carbocycles. The third-order valence-corrected chi connectivity index (χ3v) is 5.05. The highest BCUT2D eigenvalue weighted by atomic mass is 35.5. The number of piperidine rings is 1. The third kappa shape index (κ3) is 4.51. The van der Waals surface area contributed by atoms with Gasteiger partial charge in [-0.05, 0) is 49.3 Å². The van der Waals surface area contributed by atoms with Gasteiger partial charge < -0.3 is 9.74 Å². The Morgan fingerprint density at radius 2 is 1.68 bits per heavy atom. The van der Waals surface area contributed by atoms with Gasteiger partial charge in [-0.25, -0.2) is 4.79 Å². The molecule has 134 valence electrons. The number of carbonyl (C=O) groups excluding carboxylic acids is 3. The summed E-state index contributed by atoms with van der Waals surface area (Å²) in [4.78, 5) is 41.6. The van der Waals surface area contributed by atoms with Crippen LogP contribution in [0.1, 0.15) is 37.7 Å². The maximum Gasteiger partial charge on any atom is 0.434 e. The van der Waals surface area contributed by atoms with E-state index < -0.39 is 17.9 Å². The fourth-order valence-corrected chi connectivity index (χ4v) is 3.35. The average Bonchev–Trinajstić information content (AvgIpc) is 2.93. The summed E-state index contributed by atoms with van der Waals surface area (Å²) in [5.74, 6) is -0.345. The standard InChI is InChI=1S/C18H21ClN2O4/c19-15-5-3-13(4-6-15)1-2-14-9-11-20(12-10-14)18(24)25-21-16(22)7-8-17(21)23/h3-6,14H,1-2,7-12H2. The molecule has 0 N–H and O–H groups in total. The van der Waals surface area contributed by atoms with Crippen LogP contribution in [0.4, 0.5) is 4.79 Å².